The Kier molecular flexibility index (Phi) is 3.93. The summed E-state index contributed by atoms with van der Waals surface area (Å²) in [5.41, 5.74) is 7.88. The summed E-state index contributed by atoms with van der Waals surface area (Å²) in [4.78, 5) is 6.66. The second kappa shape index (κ2) is 5.44. The van der Waals surface area contributed by atoms with Crippen LogP contribution in [-0.4, -0.2) is 16.9 Å². The van der Waals surface area contributed by atoms with Crippen molar-refractivity contribution in [3.05, 3.63) is 39.7 Å². The minimum absolute atomic E-state index is 0.450. The number of furan rings is 1. The van der Waals surface area contributed by atoms with Crippen LogP contribution in [0.5, 0.6) is 0 Å². The average Bonchev–Trinajstić information content (AvgIpc) is 2.87. The molecule has 5 heteroatoms. The lowest BCUT2D eigenvalue weighted by Crippen LogP contribution is -2.18. The molecule has 0 bridgehead atoms. The molecule has 17 heavy (non-hydrogen) atoms. The number of nitrogens with two attached hydrogens (primary N) is 1. The standard InChI is InChI=1S/C12H17N3OS/c1-9-14-11(8-17-9)7-15(2)6-10-3-4-16-12(10)5-13/h3-4,8H,5-7,13H2,1-2H3. The zero-order valence-corrected chi connectivity index (χ0v) is 11.0. The molecule has 0 atom stereocenters. The smallest absolute Gasteiger partial charge is 0.121 e. The van der Waals surface area contributed by atoms with Gasteiger partial charge in [-0.05, 0) is 20.0 Å². The number of aromatic nitrogens is 1. The zero-order valence-electron chi connectivity index (χ0n) is 10.1. The van der Waals surface area contributed by atoms with Gasteiger partial charge in [-0.3, -0.25) is 4.90 Å². The van der Waals surface area contributed by atoms with E-state index in [0.29, 0.717) is 6.54 Å². The summed E-state index contributed by atoms with van der Waals surface area (Å²) in [6.45, 7) is 4.15. The Labute approximate surface area is 105 Å². The number of hydrogen-bond donors (Lipinski definition) is 1. The van der Waals surface area contributed by atoms with E-state index in [1.54, 1.807) is 17.6 Å². The Hall–Kier alpha value is -1.17. The molecule has 4 nitrogen and oxygen atoms in total. The van der Waals surface area contributed by atoms with Crippen molar-refractivity contribution in [1.82, 2.24) is 9.88 Å². The van der Waals surface area contributed by atoms with Crippen LogP contribution in [0.3, 0.4) is 0 Å². The Morgan fingerprint density at radius 3 is 2.94 bits per heavy atom. The van der Waals surface area contributed by atoms with Gasteiger partial charge in [0.1, 0.15) is 5.76 Å². The van der Waals surface area contributed by atoms with E-state index in [1.807, 2.05) is 13.0 Å². The summed E-state index contributed by atoms with van der Waals surface area (Å²) >= 11 is 1.69. The Bertz CT molecular complexity index is 478. The summed E-state index contributed by atoms with van der Waals surface area (Å²) in [5, 5.41) is 3.21. The van der Waals surface area contributed by atoms with E-state index in [9.17, 15) is 0 Å². The van der Waals surface area contributed by atoms with Crippen LogP contribution < -0.4 is 5.73 Å². The molecule has 0 saturated carbocycles. The van der Waals surface area contributed by atoms with Gasteiger partial charge in [-0.15, -0.1) is 11.3 Å². The van der Waals surface area contributed by atoms with E-state index in [4.69, 9.17) is 10.2 Å². The molecule has 0 aliphatic carbocycles. The number of rotatable bonds is 5. The van der Waals surface area contributed by atoms with Gasteiger partial charge >= 0.3 is 0 Å². The zero-order chi connectivity index (χ0) is 12.3. The van der Waals surface area contributed by atoms with Crippen LogP contribution >= 0.6 is 11.3 Å². The lowest BCUT2D eigenvalue weighted by atomic mass is 10.2. The third-order valence-corrected chi connectivity index (χ3v) is 3.38. The summed E-state index contributed by atoms with van der Waals surface area (Å²) in [5.74, 6) is 0.867. The molecule has 0 spiro atoms. The summed E-state index contributed by atoms with van der Waals surface area (Å²) in [6, 6.07) is 1.98. The van der Waals surface area contributed by atoms with Crippen molar-refractivity contribution in [2.24, 2.45) is 5.73 Å². The maximum Gasteiger partial charge on any atom is 0.121 e. The van der Waals surface area contributed by atoms with Gasteiger partial charge < -0.3 is 10.2 Å². The third kappa shape index (κ3) is 3.15. The fourth-order valence-corrected chi connectivity index (χ4v) is 2.39. The molecule has 2 N–H and O–H groups in total. The molecular formula is C12H17N3OS. The first-order valence-corrected chi connectivity index (χ1v) is 6.42. The minimum Gasteiger partial charge on any atom is -0.468 e. The predicted octanol–water partition coefficient (Wildman–Crippen LogP) is 2.14. The maximum absolute atomic E-state index is 5.60. The fraction of sp³-hybridized carbons (Fsp3) is 0.417. The highest BCUT2D eigenvalue weighted by Crippen LogP contribution is 2.14. The van der Waals surface area contributed by atoms with Crippen LogP contribution in [-0.2, 0) is 19.6 Å². The van der Waals surface area contributed by atoms with Crippen molar-refractivity contribution < 1.29 is 4.42 Å². The molecule has 2 aromatic heterocycles. The summed E-state index contributed by atoms with van der Waals surface area (Å²) < 4.78 is 5.30. The van der Waals surface area contributed by atoms with Crippen molar-refractivity contribution in [1.29, 1.82) is 0 Å². The molecule has 0 aromatic carbocycles. The van der Waals surface area contributed by atoms with Crippen LogP contribution in [0, 0.1) is 6.92 Å². The van der Waals surface area contributed by atoms with E-state index < -0.39 is 0 Å². The van der Waals surface area contributed by atoms with E-state index in [1.165, 1.54) is 0 Å². The monoisotopic (exact) mass is 251 g/mol. The first-order chi connectivity index (χ1) is 8.19. The molecule has 0 radical (unpaired) electrons. The van der Waals surface area contributed by atoms with Gasteiger partial charge in [0.25, 0.3) is 0 Å². The molecule has 0 unspecified atom stereocenters. The van der Waals surface area contributed by atoms with Gasteiger partial charge in [-0.1, -0.05) is 0 Å². The highest BCUT2D eigenvalue weighted by atomic mass is 32.1. The van der Waals surface area contributed by atoms with Crippen LogP contribution in [0.15, 0.2) is 22.1 Å². The average molecular weight is 251 g/mol. The second-order valence-corrected chi connectivity index (χ2v) is 5.17. The van der Waals surface area contributed by atoms with Crippen LogP contribution in [0.25, 0.3) is 0 Å². The molecule has 92 valence electrons. The Morgan fingerprint density at radius 1 is 1.47 bits per heavy atom. The van der Waals surface area contributed by atoms with Gasteiger partial charge in [0.2, 0.25) is 0 Å². The van der Waals surface area contributed by atoms with Gasteiger partial charge in [0.05, 0.1) is 23.5 Å². The molecule has 2 heterocycles. The number of thiazole rings is 1. The SMILES string of the molecule is Cc1nc(CN(C)Cc2ccoc2CN)cs1. The summed E-state index contributed by atoms with van der Waals surface area (Å²) in [6.07, 6.45) is 1.69. The molecule has 0 aliphatic heterocycles. The molecule has 0 amide bonds. The van der Waals surface area contributed by atoms with Gasteiger partial charge in [0.15, 0.2) is 0 Å². The highest BCUT2D eigenvalue weighted by molar-refractivity contribution is 7.09. The third-order valence-electron chi connectivity index (χ3n) is 2.56. The summed E-state index contributed by atoms with van der Waals surface area (Å²) in [7, 11) is 2.07. The topological polar surface area (TPSA) is 55.3 Å². The molecular weight excluding hydrogens is 234 g/mol. The van der Waals surface area contributed by atoms with Crippen molar-refractivity contribution in [3.8, 4) is 0 Å². The van der Waals surface area contributed by atoms with Crippen LogP contribution in [0.4, 0.5) is 0 Å². The van der Waals surface area contributed by atoms with Gasteiger partial charge in [-0.25, -0.2) is 4.98 Å². The molecule has 2 rings (SSSR count). The fourth-order valence-electron chi connectivity index (χ4n) is 1.79. The van der Waals surface area contributed by atoms with E-state index >= 15 is 0 Å². The molecule has 2 aromatic rings. The van der Waals surface area contributed by atoms with Crippen molar-refractivity contribution in [3.63, 3.8) is 0 Å². The first-order valence-electron chi connectivity index (χ1n) is 5.54. The number of nitrogens with zero attached hydrogens (tertiary/aromatic N) is 2. The molecule has 0 fully saturated rings. The van der Waals surface area contributed by atoms with Gasteiger partial charge in [-0.2, -0.15) is 0 Å². The lowest BCUT2D eigenvalue weighted by molar-refractivity contribution is 0.312. The number of hydrogen-bond acceptors (Lipinski definition) is 5. The van der Waals surface area contributed by atoms with Crippen molar-refractivity contribution in [2.45, 2.75) is 26.6 Å². The highest BCUT2D eigenvalue weighted by Gasteiger charge is 2.09. The molecule has 0 aliphatic rings. The van der Waals surface area contributed by atoms with E-state index in [-0.39, 0.29) is 0 Å². The normalized spacial score (nSPS) is 11.3. The first kappa shape index (κ1) is 12.3. The lowest BCUT2D eigenvalue weighted by Gasteiger charge is -2.14. The van der Waals surface area contributed by atoms with Gasteiger partial charge in [0, 0.05) is 24.0 Å². The predicted molar refractivity (Wildman–Crippen MR) is 68.6 cm³/mol. The Morgan fingerprint density at radius 2 is 2.29 bits per heavy atom. The van der Waals surface area contributed by atoms with E-state index in [0.717, 1.165) is 35.1 Å². The second-order valence-electron chi connectivity index (χ2n) is 4.10. The van der Waals surface area contributed by atoms with Crippen LogP contribution in [0.2, 0.25) is 0 Å². The Balaban J connectivity index is 1.95. The quantitative estimate of drug-likeness (QED) is 0.884. The van der Waals surface area contributed by atoms with E-state index in [2.05, 4.69) is 22.3 Å². The van der Waals surface area contributed by atoms with Crippen LogP contribution in [0.1, 0.15) is 22.0 Å². The van der Waals surface area contributed by atoms with Crippen molar-refractivity contribution in [2.75, 3.05) is 7.05 Å². The minimum atomic E-state index is 0.450. The van der Waals surface area contributed by atoms with Crippen molar-refractivity contribution >= 4 is 11.3 Å². The molecule has 0 saturated heterocycles. The largest absolute Gasteiger partial charge is 0.468 e. The number of aryl methyl sites for hydroxylation is 1. The maximum atomic E-state index is 5.60.